The van der Waals surface area contributed by atoms with E-state index in [1.165, 1.54) is 29.5 Å². The van der Waals surface area contributed by atoms with Crippen LogP contribution < -0.4 is 5.32 Å². The molecule has 0 aliphatic carbocycles. The Morgan fingerprint density at radius 1 is 1.30 bits per heavy atom. The van der Waals surface area contributed by atoms with Crippen LogP contribution in [0, 0.1) is 19.8 Å². The Balaban J connectivity index is 1.84. The number of rotatable bonds is 5. The molecule has 3 heteroatoms. The molecule has 1 unspecified atom stereocenters. The number of allylic oxidation sites excluding steroid dienone is 1. The van der Waals surface area contributed by atoms with E-state index in [-0.39, 0.29) is 5.91 Å². The number of likely N-dealkylation sites (tertiary alicyclic amines) is 1. The molecule has 0 spiro atoms. The second-order valence-electron chi connectivity index (χ2n) is 7.13. The van der Waals surface area contributed by atoms with Crippen molar-refractivity contribution >= 4 is 5.91 Å². The van der Waals surface area contributed by atoms with Gasteiger partial charge in [0, 0.05) is 25.7 Å². The highest BCUT2D eigenvalue weighted by Gasteiger charge is 2.20. The summed E-state index contributed by atoms with van der Waals surface area (Å²) >= 11 is 0. The molecule has 2 rings (SSSR count). The van der Waals surface area contributed by atoms with Crippen molar-refractivity contribution in [3.8, 4) is 0 Å². The highest BCUT2D eigenvalue weighted by atomic mass is 16.1. The number of benzene rings is 1. The molecular weight excluding hydrogens is 284 g/mol. The molecule has 1 fully saturated rings. The van der Waals surface area contributed by atoms with Gasteiger partial charge in [0.1, 0.15) is 0 Å². The van der Waals surface area contributed by atoms with Crippen molar-refractivity contribution < 1.29 is 4.79 Å². The van der Waals surface area contributed by atoms with E-state index < -0.39 is 0 Å². The molecule has 1 aromatic rings. The largest absolute Gasteiger partial charge is 0.352 e. The minimum atomic E-state index is 0.0382. The number of nitrogens with one attached hydrogen (secondary N) is 1. The molecule has 1 atom stereocenters. The van der Waals surface area contributed by atoms with Gasteiger partial charge in [-0.2, -0.15) is 0 Å². The van der Waals surface area contributed by atoms with Gasteiger partial charge in [0.25, 0.3) is 0 Å². The van der Waals surface area contributed by atoms with E-state index in [1.54, 1.807) is 6.08 Å². The Kier molecular flexibility index (Phi) is 6.40. The molecule has 126 valence electrons. The number of hydrogen-bond donors (Lipinski definition) is 1. The van der Waals surface area contributed by atoms with Gasteiger partial charge in [-0.1, -0.05) is 23.8 Å². The van der Waals surface area contributed by atoms with Crippen molar-refractivity contribution in [2.75, 3.05) is 19.6 Å². The van der Waals surface area contributed by atoms with Crippen LogP contribution in [0.5, 0.6) is 0 Å². The summed E-state index contributed by atoms with van der Waals surface area (Å²) in [6.45, 7) is 12.3. The molecule has 1 aliphatic rings. The lowest BCUT2D eigenvalue weighted by atomic mass is 9.97. The molecule has 1 aromatic carbocycles. The molecule has 0 saturated carbocycles. The van der Waals surface area contributed by atoms with Crippen molar-refractivity contribution in [3.63, 3.8) is 0 Å². The van der Waals surface area contributed by atoms with Gasteiger partial charge in [0.15, 0.2) is 0 Å². The van der Waals surface area contributed by atoms with Gasteiger partial charge < -0.3 is 5.32 Å². The maximum absolute atomic E-state index is 11.7. The summed E-state index contributed by atoms with van der Waals surface area (Å²) in [5.74, 6) is 0.598. The summed E-state index contributed by atoms with van der Waals surface area (Å²) < 4.78 is 0. The summed E-state index contributed by atoms with van der Waals surface area (Å²) in [5.41, 5.74) is 5.15. The lowest BCUT2D eigenvalue weighted by Gasteiger charge is -2.33. The van der Waals surface area contributed by atoms with Gasteiger partial charge in [-0.3, -0.25) is 9.69 Å². The number of aryl methyl sites for hydroxylation is 2. The number of hydrogen-bond acceptors (Lipinski definition) is 2. The molecule has 23 heavy (non-hydrogen) atoms. The third kappa shape index (κ3) is 5.83. The maximum Gasteiger partial charge on any atom is 0.243 e. The molecule has 0 aromatic heterocycles. The highest BCUT2D eigenvalue weighted by Crippen LogP contribution is 2.19. The average Bonchev–Trinajstić information content (AvgIpc) is 2.49. The second-order valence-corrected chi connectivity index (χ2v) is 7.13. The summed E-state index contributed by atoms with van der Waals surface area (Å²) in [6.07, 6.45) is 4.10. The minimum Gasteiger partial charge on any atom is -0.352 e. The molecule has 1 amide bonds. The number of carbonyl (C=O) groups is 1. The van der Waals surface area contributed by atoms with Crippen molar-refractivity contribution in [1.29, 1.82) is 0 Å². The van der Waals surface area contributed by atoms with Crippen molar-refractivity contribution in [3.05, 3.63) is 46.5 Å². The molecule has 1 N–H and O–H groups in total. The maximum atomic E-state index is 11.7. The summed E-state index contributed by atoms with van der Waals surface area (Å²) in [7, 11) is 0. The van der Waals surface area contributed by atoms with Gasteiger partial charge in [-0.15, -0.1) is 0 Å². The Hall–Kier alpha value is -1.61. The number of piperidine rings is 1. The molecule has 1 saturated heterocycles. The zero-order valence-electron chi connectivity index (χ0n) is 15.0. The predicted molar refractivity (Wildman–Crippen MR) is 96.4 cm³/mol. The lowest BCUT2D eigenvalue weighted by Crippen LogP contribution is -2.40. The average molecular weight is 314 g/mol. The smallest absolute Gasteiger partial charge is 0.243 e. The minimum absolute atomic E-state index is 0.0382. The highest BCUT2D eigenvalue weighted by molar-refractivity contribution is 5.87. The zero-order valence-corrected chi connectivity index (χ0v) is 15.0. The van der Waals surface area contributed by atoms with Gasteiger partial charge in [-0.05, 0) is 69.7 Å². The van der Waals surface area contributed by atoms with Crippen LogP contribution in [-0.2, 0) is 11.3 Å². The van der Waals surface area contributed by atoms with E-state index >= 15 is 0 Å². The molecule has 1 aliphatic heterocycles. The fourth-order valence-corrected chi connectivity index (χ4v) is 3.18. The van der Waals surface area contributed by atoms with Crippen LogP contribution in [0.3, 0.4) is 0 Å². The third-order valence-electron chi connectivity index (χ3n) is 4.57. The monoisotopic (exact) mass is 314 g/mol. The van der Waals surface area contributed by atoms with E-state index in [0.717, 1.165) is 31.8 Å². The van der Waals surface area contributed by atoms with Gasteiger partial charge >= 0.3 is 0 Å². The molecule has 0 bridgehead atoms. The lowest BCUT2D eigenvalue weighted by molar-refractivity contribution is -0.116. The fourth-order valence-electron chi connectivity index (χ4n) is 3.18. The van der Waals surface area contributed by atoms with Crippen LogP contribution in [-0.4, -0.2) is 30.4 Å². The predicted octanol–water partition coefficient (Wildman–Crippen LogP) is 3.60. The fraction of sp³-hybridized carbons (Fsp3) is 0.550. The topological polar surface area (TPSA) is 32.3 Å². The van der Waals surface area contributed by atoms with E-state index in [4.69, 9.17) is 0 Å². The van der Waals surface area contributed by atoms with Crippen LogP contribution in [0.2, 0.25) is 0 Å². The Bertz CT molecular complexity index is 573. The first-order chi connectivity index (χ1) is 10.9. The van der Waals surface area contributed by atoms with E-state index in [0.29, 0.717) is 5.92 Å². The van der Waals surface area contributed by atoms with Gasteiger partial charge in [-0.25, -0.2) is 0 Å². The van der Waals surface area contributed by atoms with Crippen LogP contribution in [0.1, 0.15) is 43.4 Å². The van der Waals surface area contributed by atoms with E-state index in [2.05, 4.69) is 42.3 Å². The molecule has 0 radical (unpaired) electrons. The normalized spacial score (nSPS) is 18.5. The van der Waals surface area contributed by atoms with Crippen molar-refractivity contribution in [1.82, 2.24) is 10.2 Å². The van der Waals surface area contributed by atoms with Crippen LogP contribution in [0.4, 0.5) is 0 Å². The van der Waals surface area contributed by atoms with Crippen LogP contribution in [0.15, 0.2) is 29.8 Å². The van der Waals surface area contributed by atoms with E-state index in [9.17, 15) is 4.79 Å². The number of amides is 1. The standard InChI is InChI=1S/C20H30N2O/c1-15(2)10-20(23)21-12-19-6-5-9-22(14-19)13-18-8-7-16(3)17(4)11-18/h7-8,10-11,19H,5-6,9,12-14H2,1-4H3,(H,21,23). The van der Waals surface area contributed by atoms with Crippen molar-refractivity contribution in [2.24, 2.45) is 5.92 Å². The van der Waals surface area contributed by atoms with Gasteiger partial charge in [0.05, 0.1) is 0 Å². The number of carbonyl (C=O) groups excluding carboxylic acids is 1. The second kappa shape index (κ2) is 8.30. The SMILES string of the molecule is CC(C)=CC(=O)NCC1CCCN(Cc2ccc(C)c(C)c2)C1. The molecular formula is C20H30N2O. The molecule has 3 nitrogen and oxygen atoms in total. The van der Waals surface area contributed by atoms with Gasteiger partial charge in [0.2, 0.25) is 5.91 Å². The Morgan fingerprint density at radius 2 is 2.09 bits per heavy atom. The first-order valence-electron chi connectivity index (χ1n) is 8.65. The summed E-state index contributed by atoms with van der Waals surface area (Å²) in [6, 6.07) is 6.75. The Morgan fingerprint density at radius 3 is 2.78 bits per heavy atom. The molecule has 1 heterocycles. The summed E-state index contributed by atoms with van der Waals surface area (Å²) in [5, 5.41) is 3.04. The number of nitrogens with zero attached hydrogens (tertiary/aromatic N) is 1. The Labute approximate surface area is 140 Å². The quantitative estimate of drug-likeness (QED) is 0.842. The first-order valence-corrected chi connectivity index (χ1v) is 8.65. The van der Waals surface area contributed by atoms with Crippen LogP contribution >= 0.6 is 0 Å². The first kappa shape index (κ1) is 17.7. The van der Waals surface area contributed by atoms with Crippen LogP contribution in [0.25, 0.3) is 0 Å². The van der Waals surface area contributed by atoms with E-state index in [1.807, 2.05) is 13.8 Å². The van der Waals surface area contributed by atoms with Crippen molar-refractivity contribution in [2.45, 2.75) is 47.1 Å². The third-order valence-corrected chi connectivity index (χ3v) is 4.57. The zero-order chi connectivity index (χ0) is 16.8. The summed E-state index contributed by atoms with van der Waals surface area (Å²) in [4.78, 5) is 14.3.